The van der Waals surface area contributed by atoms with Crippen molar-refractivity contribution in [2.75, 3.05) is 39.8 Å². The monoisotopic (exact) mass is 268 g/mol. The Hall–Kier alpha value is -0.120. The van der Waals surface area contributed by atoms with E-state index in [-0.39, 0.29) is 0 Å². The summed E-state index contributed by atoms with van der Waals surface area (Å²) in [5, 5.41) is 9.36. The first kappa shape index (κ1) is 15.3. The van der Waals surface area contributed by atoms with Gasteiger partial charge in [-0.15, -0.1) is 0 Å². The Morgan fingerprint density at radius 3 is 2.42 bits per heavy atom. The van der Waals surface area contributed by atoms with Crippen LogP contribution in [0.4, 0.5) is 0 Å². The van der Waals surface area contributed by atoms with E-state index >= 15 is 0 Å². The van der Waals surface area contributed by atoms with Crippen LogP contribution in [-0.4, -0.2) is 60.8 Å². The van der Waals surface area contributed by atoms with Gasteiger partial charge in [-0.3, -0.25) is 4.90 Å². The van der Waals surface area contributed by atoms with Gasteiger partial charge in [0.15, 0.2) is 0 Å². The average Bonchev–Trinajstić information content (AvgIpc) is 2.42. The highest BCUT2D eigenvalue weighted by molar-refractivity contribution is 4.82. The van der Waals surface area contributed by atoms with Gasteiger partial charge in [-0.2, -0.15) is 0 Å². The summed E-state index contributed by atoms with van der Waals surface area (Å²) in [6, 6.07) is 0.706. The number of aliphatic hydroxyl groups excluding tert-OH is 1. The van der Waals surface area contributed by atoms with Crippen molar-refractivity contribution in [3.8, 4) is 0 Å². The Morgan fingerprint density at radius 2 is 1.79 bits per heavy atom. The molecule has 3 nitrogen and oxygen atoms in total. The van der Waals surface area contributed by atoms with E-state index in [0.717, 1.165) is 18.4 Å². The van der Waals surface area contributed by atoms with E-state index in [4.69, 9.17) is 0 Å². The second-order valence-corrected chi connectivity index (χ2v) is 6.77. The van der Waals surface area contributed by atoms with Gasteiger partial charge in [0.2, 0.25) is 0 Å². The summed E-state index contributed by atoms with van der Waals surface area (Å²) >= 11 is 0. The Bertz CT molecular complexity index is 251. The molecule has 1 aliphatic heterocycles. The van der Waals surface area contributed by atoms with Gasteiger partial charge in [0, 0.05) is 19.1 Å². The average molecular weight is 268 g/mol. The summed E-state index contributed by atoms with van der Waals surface area (Å²) in [5.41, 5.74) is 0. The molecule has 1 heterocycles. The molecule has 2 rings (SSSR count). The molecule has 0 bridgehead atoms. The zero-order valence-corrected chi connectivity index (χ0v) is 12.9. The Labute approximate surface area is 119 Å². The van der Waals surface area contributed by atoms with Crippen LogP contribution in [0.3, 0.4) is 0 Å². The Balaban J connectivity index is 1.87. The maximum Gasteiger partial charge on any atom is 0.0558 e. The highest BCUT2D eigenvalue weighted by Gasteiger charge is 2.28. The summed E-state index contributed by atoms with van der Waals surface area (Å²) in [5.74, 6) is 1.74. The Morgan fingerprint density at radius 1 is 1.11 bits per heavy atom. The molecule has 2 atom stereocenters. The molecule has 0 spiro atoms. The molecule has 0 aromatic rings. The van der Waals surface area contributed by atoms with E-state index in [1.54, 1.807) is 0 Å². The largest absolute Gasteiger partial charge is 0.395 e. The lowest BCUT2D eigenvalue weighted by molar-refractivity contribution is 0.0675. The molecule has 0 aromatic carbocycles. The molecule has 2 fully saturated rings. The smallest absolute Gasteiger partial charge is 0.0558 e. The van der Waals surface area contributed by atoms with Crippen LogP contribution in [0.2, 0.25) is 0 Å². The van der Waals surface area contributed by atoms with Crippen LogP contribution in [0.15, 0.2) is 0 Å². The van der Waals surface area contributed by atoms with Crippen LogP contribution < -0.4 is 0 Å². The summed E-state index contributed by atoms with van der Waals surface area (Å²) in [6.45, 7) is 7.26. The molecule has 19 heavy (non-hydrogen) atoms. The van der Waals surface area contributed by atoms with Crippen LogP contribution in [0.5, 0.6) is 0 Å². The highest BCUT2D eigenvalue weighted by atomic mass is 16.3. The molecule has 0 amide bonds. The van der Waals surface area contributed by atoms with Crippen molar-refractivity contribution in [2.24, 2.45) is 11.8 Å². The van der Waals surface area contributed by atoms with E-state index in [0.29, 0.717) is 12.6 Å². The van der Waals surface area contributed by atoms with E-state index in [2.05, 4.69) is 23.8 Å². The molecular weight excluding hydrogens is 236 g/mol. The quantitative estimate of drug-likeness (QED) is 0.828. The van der Waals surface area contributed by atoms with E-state index in [1.807, 2.05) is 0 Å². The standard InChI is InChI=1S/C16H32N2O/c1-14-5-3-4-6-15(14)13-18(11-12-19)16-7-9-17(2)10-8-16/h14-16,19H,3-13H2,1-2H3/t14-,15-/m0/s1. The van der Waals surface area contributed by atoms with Crippen molar-refractivity contribution in [2.45, 2.75) is 51.5 Å². The number of rotatable bonds is 5. The number of nitrogens with zero attached hydrogens (tertiary/aromatic N) is 2. The summed E-state index contributed by atoms with van der Waals surface area (Å²) in [7, 11) is 2.22. The van der Waals surface area contributed by atoms with Crippen LogP contribution in [0, 0.1) is 11.8 Å². The van der Waals surface area contributed by atoms with Gasteiger partial charge < -0.3 is 10.0 Å². The van der Waals surface area contributed by atoms with Crippen LogP contribution >= 0.6 is 0 Å². The molecule has 1 N–H and O–H groups in total. The third kappa shape index (κ3) is 4.44. The second-order valence-electron chi connectivity index (χ2n) is 6.77. The van der Waals surface area contributed by atoms with Crippen molar-refractivity contribution < 1.29 is 5.11 Å². The number of aliphatic hydroxyl groups is 1. The molecule has 0 radical (unpaired) electrons. The zero-order chi connectivity index (χ0) is 13.7. The number of likely N-dealkylation sites (tertiary alicyclic amines) is 1. The SMILES string of the molecule is C[C@H]1CCCC[C@H]1CN(CCO)C1CCN(C)CC1. The fraction of sp³-hybridized carbons (Fsp3) is 1.00. The van der Waals surface area contributed by atoms with Crippen molar-refractivity contribution in [3.05, 3.63) is 0 Å². The minimum atomic E-state index is 0.313. The van der Waals surface area contributed by atoms with Crippen molar-refractivity contribution in [3.63, 3.8) is 0 Å². The fourth-order valence-corrected chi connectivity index (χ4v) is 3.88. The maximum absolute atomic E-state index is 9.36. The first-order chi connectivity index (χ1) is 9.20. The Kier molecular flexibility index (Phi) is 6.11. The molecule has 1 saturated carbocycles. The molecule has 0 aromatic heterocycles. The lowest BCUT2D eigenvalue weighted by Crippen LogP contribution is -2.47. The number of hydrogen-bond acceptors (Lipinski definition) is 3. The lowest BCUT2D eigenvalue weighted by Gasteiger charge is -2.40. The van der Waals surface area contributed by atoms with Crippen LogP contribution in [-0.2, 0) is 0 Å². The van der Waals surface area contributed by atoms with E-state index in [1.165, 1.54) is 58.2 Å². The molecule has 0 unspecified atom stereocenters. The molecule has 3 heteroatoms. The second kappa shape index (κ2) is 7.61. The zero-order valence-electron chi connectivity index (χ0n) is 12.9. The van der Waals surface area contributed by atoms with Gasteiger partial charge >= 0.3 is 0 Å². The van der Waals surface area contributed by atoms with Gasteiger partial charge in [-0.1, -0.05) is 26.2 Å². The fourth-order valence-electron chi connectivity index (χ4n) is 3.88. The van der Waals surface area contributed by atoms with E-state index in [9.17, 15) is 5.11 Å². The highest BCUT2D eigenvalue weighted by Crippen LogP contribution is 2.31. The predicted octanol–water partition coefficient (Wildman–Crippen LogP) is 2.20. The minimum absolute atomic E-state index is 0.313. The molecule has 1 aliphatic carbocycles. The number of hydrogen-bond donors (Lipinski definition) is 1. The van der Waals surface area contributed by atoms with Crippen LogP contribution in [0.25, 0.3) is 0 Å². The van der Waals surface area contributed by atoms with Crippen LogP contribution in [0.1, 0.15) is 45.4 Å². The third-order valence-electron chi connectivity index (χ3n) is 5.35. The van der Waals surface area contributed by atoms with Crippen molar-refractivity contribution in [1.29, 1.82) is 0 Å². The first-order valence-corrected chi connectivity index (χ1v) is 8.24. The molecule has 1 saturated heterocycles. The van der Waals surface area contributed by atoms with Gasteiger partial charge in [0.25, 0.3) is 0 Å². The maximum atomic E-state index is 9.36. The van der Waals surface area contributed by atoms with Crippen molar-refractivity contribution in [1.82, 2.24) is 9.80 Å². The first-order valence-electron chi connectivity index (χ1n) is 8.24. The lowest BCUT2D eigenvalue weighted by atomic mass is 9.80. The van der Waals surface area contributed by atoms with Crippen molar-refractivity contribution >= 4 is 0 Å². The minimum Gasteiger partial charge on any atom is -0.395 e. The van der Waals surface area contributed by atoms with E-state index < -0.39 is 0 Å². The number of piperidine rings is 1. The molecule has 112 valence electrons. The topological polar surface area (TPSA) is 26.7 Å². The van der Waals surface area contributed by atoms with Gasteiger partial charge in [-0.05, 0) is 51.2 Å². The summed E-state index contributed by atoms with van der Waals surface area (Å²) in [4.78, 5) is 5.02. The van der Waals surface area contributed by atoms with Gasteiger partial charge in [0.05, 0.1) is 6.61 Å². The predicted molar refractivity (Wildman–Crippen MR) is 80.3 cm³/mol. The van der Waals surface area contributed by atoms with Gasteiger partial charge in [0.1, 0.15) is 0 Å². The molecular formula is C16H32N2O. The summed E-state index contributed by atoms with van der Waals surface area (Å²) in [6.07, 6.45) is 8.19. The third-order valence-corrected chi connectivity index (χ3v) is 5.35. The summed E-state index contributed by atoms with van der Waals surface area (Å²) < 4.78 is 0. The molecule has 2 aliphatic rings. The normalized spacial score (nSPS) is 30.9. The van der Waals surface area contributed by atoms with Gasteiger partial charge in [-0.25, -0.2) is 0 Å².